The number of aldehydes is 1. The van der Waals surface area contributed by atoms with E-state index >= 15 is 0 Å². The van der Waals surface area contributed by atoms with Crippen molar-refractivity contribution in [2.24, 2.45) is 11.3 Å². The highest BCUT2D eigenvalue weighted by Crippen LogP contribution is 2.56. The Morgan fingerprint density at radius 3 is 2.50 bits per heavy atom. The second-order valence-corrected chi connectivity index (χ2v) is 4.88. The third kappa shape index (κ3) is 0.717. The van der Waals surface area contributed by atoms with Gasteiger partial charge >= 0.3 is 0 Å². The summed E-state index contributed by atoms with van der Waals surface area (Å²) in [7, 11) is 0. The van der Waals surface area contributed by atoms with Gasteiger partial charge in [-0.1, -0.05) is 20.8 Å². The molecule has 2 rings (SSSR count). The fraction of sp³-hybridized carbons (Fsp3) is 0.900. The number of fused-ring (bicyclic) bond motifs is 2. The van der Waals surface area contributed by atoms with Crippen LogP contribution in [0.5, 0.6) is 0 Å². The molecule has 2 nitrogen and oxygen atoms in total. The lowest BCUT2D eigenvalue weighted by molar-refractivity contribution is -0.135. The van der Waals surface area contributed by atoms with Crippen LogP contribution in [-0.4, -0.2) is 18.0 Å². The summed E-state index contributed by atoms with van der Waals surface area (Å²) in [6.45, 7) is 6.39. The minimum absolute atomic E-state index is 0.0388. The number of hydrogen-bond donors (Lipinski definition) is 0. The van der Waals surface area contributed by atoms with Gasteiger partial charge in [-0.3, -0.25) is 0 Å². The highest BCUT2D eigenvalue weighted by Gasteiger charge is 2.62. The predicted molar refractivity (Wildman–Crippen MR) is 45.8 cm³/mol. The van der Waals surface area contributed by atoms with Crippen LogP contribution in [0.25, 0.3) is 0 Å². The normalized spacial score (nSPS) is 49.6. The second kappa shape index (κ2) is 2.11. The van der Waals surface area contributed by atoms with Gasteiger partial charge in [0.25, 0.3) is 0 Å². The Labute approximate surface area is 73.3 Å². The number of rotatable bonds is 1. The molecule has 2 aliphatic heterocycles. The van der Waals surface area contributed by atoms with E-state index in [2.05, 4.69) is 20.8 Å². The molecule has 0 spiro atoms. The SMILES string of the molecule is C[C@@H]1C[C@@H]2CC(C)(C)[C@]1(C=O)O2. The van der Waals surface area contributed by atoms with Crippen LogP contribution in [0, 0.1) is 11.3 Å². The molecule has 3 atom stereocenters. The first-order chi connectivity index (χ1) is 5.52. The molecular formula is C10H16O2. The van der Waals surface area contributed by atoms with Gasteiger partial charge in [-0.15, -0.1) is 0 Å². The zero-order valence-corrected chi connectivity index (χ0v) is 7.96. The first kappa shape index (κ1) is 8.24. The summed E-state index contributed by atoms with van der Waals surface area (Å²) in [5, 5.41) is 0. The van der Waals surface area contributed by atoms with Crippen molar-refractivity contribution in [3.8, 4) is 0 Å². The molecule has 0 aromatic carbocycles. The average Bonchev–Trinajstić information content (AvgIpc) is 2.37. The molecule has 0 saturated carbocycles. The van der Waals surface area contributed by atoms with E-state index in [9.17, 15) is 4.79 Å². The van der Waals surface area contributed by atoms with Crippen molar-refractivity contribution in [3.63, 3.8) is 0 Å². The highest BCUT2D eigenvalue weighted by atomic mass is 16.5. The minimum atomic E-state index is -0.475. The summed E-state index contributed by atoms with van der Waals surface area (Å²) in [4.78, 5) is 11.1. The van der Waals surface area contributed by atoms with E-state index in [0.29, 0.717) is 12.0 Å². The molecule has 2 aliphatic rings. The van der Waals surface area contributed by atoms with Gasteiger partial charge in [-0.05, 0) is 18.8 Å². The van der Waals surface area contributed by atoms with Gasteiger partial charge in [0.1, 0.15) is 5.60 Å². The molecule has 2 heterocycles. The van der Waals surface area contributed by atoms with Gasteiger partial charge in [-0.2, -0.15) is 0 Å². The maximum atomic E-state index is 11.1. The van der Waals surface area contributed by atoms with Crippen LogP contribution in [0.1, 0.15) is 33.6 Å². The van der Waals surface area contributed by atoms with E-state index in [1.165, 1.54) is 0 Å². The van der Waals surface area contributed by atoms with Crippen molar-refractivity contribution >= 4 is 6.29 Å². The Morgan fingerprint density at radius 2 is 2.17 bits per heavy atom. The van der Waals surface area contributed by atoms with Crippen LogP contribution in [0.2, 0.25) is 0 Å². The predicted octanol–water partition coefficient (Wildman–Crippen LogP) is 1.78. The van der Waals surface area contributed by atoms with Crippen LogP contribution in [-0.2, 0) is 9.53 Å². The monoisotopic (exact) mass is 168 g/mol. The molecule has 2 saturated heterocycles. The summed E-state index contributed by atoms with van der Waals surface area (Å²) >= 11 is 0. The zero-order valence-electron chi connectivity index (χ0n) is 7.96. The number of carbonyl (C=O) groups excluding carboxylic acids is 1. The largest absolute Gasteiger partial charge is 0.363 e. The molecule has 2 bridgehead atoms. The van der Waals surface area contributed by atoms with Crippen molar-refractivity contribution in [1.29, 1.82) is 0 Å². The Kier molecular flexibility index (Phi) is 1.45. The fourth-order valence-corrected chi connectivity index (χ4v) is 2.99. The van der Waals surface area contributed by atoms with Crippen molar-refractivity contribution < 1.29 is 9.53 Å². The molecule has 12 heavy (non-hydrogen) atoms. The number of ether oxygens (including phenoxy) is 1. The Hall–Kier alpha value is -0.370. The molecule has 2 heteroatoms. The molecule has 0 N–H and O–H groups in total. The molecule has 0 amide bonds. The van der Waals surface area contributed by atoms with E-state index < -0.39 is 5.60 Å². The van der Waals surface area contributed by atoms with Crippen molar-refractivity contribution in [2.75, 3.05) is 0 Å². The summed E-state index contributed by atoms with van der Waals surface area (Å²) in [5.41, 5.74) is -0.436. The van der Waals surface area contributed by atoms with Crippen molar-refractivity contribution in [2.45, 2.75) is 45.3 Å². The molecule has 0 unspecified atom stereocenters. The smallest absolute Gasteiger partial charge is 0.152 e. The molecule has 2 fully saturated rings. The highest BCUT2D eigenvalue weighted by molar-refractivity contribution is 5.66. The van der Waals surface area contributed by atoms with E-state index in [1.807, 2.05) is 0 Å². The summed E-state index contributed by atoms with van der Waals surface area (Å²) < 4.78 is 5.77. The lowest BCUT2D eigenvalue weighted by Gasteiger charge is -2.38. The molecular weight excluding hydrogens is 152 g/mol. The lowest BCUT2D eigenvalue weighted by Crippen LogP contribution is -2.47. The summed E-state index contributed by atoms with van der Waals surface area (Å²) in [6.07, 6.45) is 3.46. The van der Waals surface area contributed by atoms with E-state index in [4.69, 9.17) is 4.74 Å². The molecule has 0 aromatic rings. The summed E-state index contributed by atoms with van der Waals surface area (Å²) in [6, 6.07) is 0. The van der Waals surface area contributed by atoms with Crippen LogP contribution in [0.15, 0.2) is 0 Å². The van der Waals surface area contributed by atoms with E-state index in [1.54, 1.807) is 0 Å². The number of hydrogen-bond acceptors (Lipinski definition) is 2. The van der Waals surface area contributed by atoms with Crippen LogP contribution in [0.4, 0.5) is 0 Å². The Morgan fingerprint density at radius 1 is 1.50 bits per heavy atom. The zero-order chi connectivity index (χ0) is 8.98. The van der Waals surface area contributed by atoms with Crippen LogP contribution in [0.3, 0.4) is 0 Å². The standard InChI is InChI=1S/C10H16O2/c1-7-4-8-5-9(2,3)10(7,6-11)12-8/h6-8H,4-5H2,1-3H3/t7-,8-,10-/m1/s1. The van der Waals surface area contributed by atoms with Crippen molar-refractivity contribution in [1.82, 2.24) is 0 Å². The first-order valence-electron chi connectivity index (χ1n) is 4.66. The average molecular weight is 168 g/mol. The topological polar surface area (TPSA) is 26.3 Å². The third-order valence-electron chi connectivity index (χ3n) is 3.68. The Bertz CT molecular complexity index is 222. The van der Waals surface area contributed by atoms with Gasteiger partial charge in [-0.25, -0.2) is 0 Å². The van der Waals surface area contributed by atoms with Gasteiger partial charge in [0.05, 0.1) is 6.10 Å². The fourth-order valence-electron chi connectivity index (χ4n) is 2.99. The van der Waals surface area contributed by atoms with Crippen LogP contribution >= 0.6 is 0 Å². The maximum absolute atomic E-state index is 11.1. The van der Waals surface area contributed by atoms with E-state index in [0.717, 1.165) is 19.1 Å². The van der Waals surface area contributed by atoms with Gasteiger partial charge < -0.3 is 9.53 Å². The van der Waals surface area contributed by atoms with Gasteiger partial charge in [0, 0.05) is 5.41 Å². The molecule has 68 valence electrons. The minimum Gasteiger partial charge on any atom is -0.363 e. The molecule has 0 aromatic heterocycles. The van der Waals surface area contributed by atoms with Gasteiger partial charge in [0.2, 0.25) is 0 Å². The van der Waals surface area contributed by atoms with Gasteiger partial charge in [0.15, 0.2) is 6.29 Å². The molecule has 0 radical (unpaired) electrons. The Balaban J connectivity index is 2.41. The maximum Gasteiger partial charge on any atom is 0.152 e. The number of carbonyl (C=O) groups is 1. The van der Waals surface area contributed by atoms with Crippen LogP contribution < -0.4 is 0 Å². The molecule has 0 aliphatic carbocycles. The summed E-state index contributed by atoms with van der Waals surface area (Å²) in [5.74, 6) is 0.392. The lowest BCUT2D eigenvalue weighted by atomic mass is 9.64. The third-order valence-corrected chi connectivity index (χ3v) is 3.68. The second-order valence-electron chi connectivity index (χ2n) is 4.88. The van der Waals surface area contributed by atoms with Crippen molar-refractivity contribution in [3.05, 3.63) is 0 Å². The first-order valence-corrected chi connectivity index (χ1v) is 4.66. The van der Waals surface area contributed by atoms with E-state index in [-0.39, 0.29) is 5.41 Å². The quantitative estimate of drug-likeness (QED) is 0.558.